The molecule has 0 N–H and O–H groups in total. The van der Waals surface area contributed by atoms with Crippen molar-refractivity contribution in [3.05, 3.63) is 36.4 Å². The zero-order valence-electron chi connectivity index (χ0n) is 7.93. The van der Waals surface area contributed by atoms with E-state index in [4.69, 9.17) is 9.15 Å². The van der Waals surface area contributed by atoms with Crippen molar-refractivity contribution < 1.29 is 9.15 Å². The Morgan fingerprint density at radius 3 is 3.36 bits per heavy atom. The van der Waals surface area contributed by atoms with Crippen molar-refractivity contribution in [1.29, 1.82) is 0 Å². The van der Waals surface area contributed by atoms with Crippen molar-refractivity contribution in [1.82, 2.24) is 4.98 Å². The van der Waals surface area contributed by atoms with E-state index < -0.39 is 0 Å². The van der Waals surface area contributed by atoms with Crippen LogP contribution in [0.4, 0.5) is 0 Å². The number of rotatable bonds is 3. The molecule has 0 aliphatic carbocycles. The number of hydrogen-bond acceptors (Lipinski definition) is 3. The molecule has 0 bridgehead atoms. The molecule has 0 radical (unpaired) electrons. The van der Waals surface area contributed by atoms with Gasteiger partial charge in [0.05, 0.1) is 12.9 Å². The Kier molecular flexibility index (Phi) is 2.49. The molecule has 0 amide bonds. The van der Waals surface area contributed by atoms with Gasteiger partial charge in [0, 0.05) is 11.8 Å². The number of furan rings is 1. The van der Waals surface area contributed by atoms with E-state index in [1.165, 1.54) is 0 Å². The summed E-state index contributed by atoms with van der Waals surface area (Å²) in [6.07, 6.45) is 6.92. The quantitative estimate of drug-likeness (QED) is 0.696. The molecule has 0 saturated carbocycles. The molecule has 2 heterocycles. The summed E-state index contributed by atoms with van der Waals surface area (Å²) < 4.78 is 10.4. The number of hydrogen-bond donors (Lipinski definition) is 0. The minimum Gasteiger partial charge on any atom is -0.501 e. The summed E-state index contributed by atoms with van der Waals surface area (Å²) in [4.78, 5) is 4.22. The fourth-order valence-electron chi connectivity index (χ4n) is 1.22. The van der Waals surface area contributed by atoms with E-state index in [9.17, 15) is 0 Å². The predicted octanol–water partition coefficient (Wildman–Crippen LogP) is 2.84. The SMILES string of the molecule is CCO/C=C/c1coc2cccnc12. The third-order valence-electron chi connectivity index (χ3n) is 1.87. The minimum absolute atomic E-state index is 0.666. The van der Waals surface area contributed by atoms with Gasteiger partial charge < -0.3 is 9.15 Å². The Hall–Kier alpha value is -1.77. The fourth-order valence-corrected chi connectivity index (χ4v) is 1.22. The average molecular weight is 189 g/mol. The molecule has 14 heavy (non-hydrogen) atoms. The molecule has 72 valence electrons. The Bertz CT molecular complexity index is 445. The molecule has 0 fully saturated rings. The molecule has 0 unspecified atom stereocenters. The highest BCUT2D eigenvalue weighted by atomic mass is 16.5. The van der Waals surface area contributed by atoms with E-state index >= 15 is 0 Å². The van der Waals surface area contributed by atoms with Crippen LogP contribution in [0.3, 0.4) is 0 Å². The molecule has 2 rings (SSSR count). The molecule has 3 nitrogen and oxygen atoms in total. The van der Waals surface area contributed by atoms with Crippen LogP contribution in [0, 0.1) is 0 Å². The molecule has 2 aromatic heterocycles. The Morgan fingerprint density at radius 1 is 1.57 bits per heavy atom. The van der Waals surface area contributed by atoms with Crippen LogP contribution < -0.4 is 0 Å². The van der Waals surface area contributed by atoms with Crippen molar-refractivity contribution in [2.75, 3.05) is 6.61 Å². The highest BCUT2D eigenvalue weighted by Gasteiger charge is 2.02. The summed E-state index contributed by atoms with van der Waals surface area (Å²) in [5.74, 6) is 0. The summed E-state index contributed by atoms with van der Waals surface area (Å²) in [5, 5.41) is 0. The lowest BCUT2D eigenvalue weighted by atomic mass is 10.2. The number of pyridine rings is 1. The Morgan fingerprint density at radius 2 is 2.50 bits per heavy atom. The van der Waals surface area contributed by atoms with Gasteiger partial charge in [-0.2, -0.15) is 0 Å². The number of nitrogens with zero attached hydrogens (tertiary/aromatic N) is 1. The van der Waals surface area contributed by atoms with Crippen LogP contribution in [0.15, 0.2) is 35.3 Å². The largest absolute Gasteiger partial charge is 0.501 e. The molecule has 2 aromatic rings. The van der Waals surface area contributed by atoms with E-state index in [1.54, 1.807) is 18.7 Å². The van der Waals surface area contributed by atoms with Crippen LogP contribution in [0.2, 0.25) is 0 Å². The first kappa shape index (κ1) is 8.81. The van der Waals surface area contributed by atoms with Crippen LogP contribution in [0.1, 0.15) is 12.5 Å². The highest BCUT2D eigenvalue weighted by Crippen LogP contribution is 2.19. The van der Waals surface area contributed by atoms with Gasteiger partial charge in [0.2, 0.25) is 0 Å². The molecule has 0 spiro atoms. The van der Waals surface area contributed by atoms with Gasteiger partial charge >= 0.3 is 0 Å². The van der Waals surface area contributed by atoms with Gasteiger partial charge in [-0.1, -0.05) is 0 Å². The maximum Gasteiger partial charge on any atom is 0.152 e. The van der Waals surface area contributed by atoms with Crippen LogP contribution in [0.5, 0.6) is 0 Å². The third-order valence-corrected chi connectivity index (χ3v) is 1.87. The lowest BCUT2D eigenvalue weighted by Crippen LogP contribution is -1.77. The molecule has 3 heteroatoms. The first-order valence-electron chi connectivity index (χ1n) is 4.52. The van der Waals surface area contributed by atoms with E-state index in [1.807, 2.05) is 25.1 Å². The predicted molar refractivity (Wildman–Crippen MR) is 54.7 cm³/mol. The molecule has 0 aliphatic heterocycles. The van der Waals surface area contributed by atoms with E-state index in [-0.39, 0.29) is 0 Å². The van der Waals surface area contributed by atoms with Gasteiger partial charge in [0.1, 0.15) is 11.8 Å². The van der Waals surface area contributed by atoms with E-state index in [2.05, 4.69) is 4.98 Å². The molecular formula is C11H11NO2. The summed E-state index contributed by atoms with van der Waals surface area (Å²) in [6, 6.07) is 3.74. The maximum absolute atomic E-state index is 5.31. The second-order valence-corrected chi connectivity index (χ2v) is 2.80. The molecule has 0 aromatic carbocycles. The van der Waals surface area contributed by atoms with Gasteiger partial charge in [-0.3, -0.25) is 4.98 Å². The Labute approximate surface area is 82.0 Å². The molecule has 0 saturated heterocycles. The first-order chi connectivity index (χ1) is 6.92. The zero-order valence-corrected chi connectivity index (χ0v) is 7.93. The normalized spacial score (nSPS) is 11.2. The molecule has 0 aliphatic rings. The maximum atomic E-state index is 5.31. The standard InChI is InChI=1S/C11H11NO2/c1-2-13-7-5-9-8-14-10-4-3-6-12-11(9)10/h3-8H,2H2,1H3/b7-5+. The van der Waals surface area contributed by atoms with Crippen LogP contribution >= 0.6 is 0 Å². The number of fused-ring (bicyclic) bond motifs is 1. The van der Waals surface area contributed by atoms with Gasteiger partial charge in [-0.05, 0) is 25.1 Å². The number of ether oxygens (including phenoxy) is 1. The van der Waals surface area contributed by atoms with Crippen molar-refractivity contribution in [3.63, 3.8) is 0 Å². The first-order valence-corrected chi connectivity index (χ1v) is 4.52. The zero-order chi connectivity index (χ0) is 9.80. The van der Waals surface area contributed by atoms with Gasteiger partial charge in [0.15, 0.2) is 5.58 Å². The monoisotopic (exact) mass is 189 g/mol. The summed E-state index contributed by atoms with van der Waals surface area (Å²) in [5.41, 5.74) is 2.60. The molecule has 0 atom stereocenters. The highest BCUT2D eigenvalue weighted by molar-refractivity contribution is 5.82. The van der Waals surface area contributed by atoms with Crippen LogP contribution in [-0.2, 0) is 4.74 Å². The summed E-state index contributed by atoms with van der Waals surface area (Å²) >= 11 is 0. The minimum atomic E-state index is 0.666. The van der Waals surface area contributed by atoms with Crippen LogP contribution in [0.25, 0.3) is 17.2 Å². The Balaban J connectivity index is 2.34. The second kappa shape index (κ2) is 3.96. The summed E-state index contributed by atoms with van der Waals surface area (Å²) in [7, 11) is 0. The third kappa shape index (κ3) is 1.62. The van der Waals surface area contributed by atoms with Crippen molar-refractivity contribution in [2.24, 2.45) is 0 Å². The lowest BCUT2D eigenvalue weighted by Gasteiger charge is -1.91. The van der Waals surface area contributed by atoms with Crippen molar-refractivity contribution in [2.45, 2.75) is 6.92 Å². The lowest BCUT2D eigenvalue weighted by molar-refractivity contribution is 0.272. The molecular weight excluding hydrogens is 178 g/mol. The smallest absolute Gasteiger partial charge is 0.152 e. The van der Waals surface area contributed by atoms with Crippen LogP contribution in [-0.4, -0.2) is 11.6 Å². The topological polar surface area (TPSA) is 35.3 Å². The summed E-state index contributed by atoms with van der Waals surface area (Å²) in [6.45, 7) is 2.61. The van der Waals surface area contributed by atoms with Crippen molar-refractivity contribution >= 4 is 17.2 Å². The van der Waals surface area contributed by atoms with Gasteiger partial charge in [-0.15, -0.1) is 0 Å². The van der Waals surface area contributed by atoms with E-state index in [0.29, 0.717) is 6.61 Å². The van der Waals surface area contributed by atoms with E-state index in [0.717, 1.165) is 16.7 Å². The average Bonchev–Trinajstić information content (AvgIpc) is 2.63. The number of aromatic nitrogens is 1. The fraction of sp³-hybridized carbons (Fsp3) is 0.182. The van der Waals surface area contributed by atoms with Gasteiger partial charge in [0.25, 0.3) is 0 Å². The second-order valence-electron chi connectivity index (χ2n) is 2.80. The van der Waals surface area contributed by atoms with Crippen molar-refractivity contribution in [3.8, 4) is 0 Å². The van der Waals surface area contributed by atoms with Gasteiger partial charge in [-0.25, -0.2) is 0 Å².